The molecule has 0 unspecified atom stereocenters. The van der Waals surface area contributed by atoms with Gasteiger partial charge in [0.25, 0.3) is 0 Å². The number of hydrogen-bond donors (Lipinski definition) is 1. The van der Waals surface area contributed by atoms with Crippen molar-refractivity contribution in [3.05, 3.63) is 11.5 Å². The van der Waals surface area contributed by atoms with Crippen LogP contribution in [0.3, 0.4) is 0 Å². The second-order valence-electron chi connectivity index (χ2n) is 0.542. The SMILES string of the molecule is C=[CH][Ge](=[O])[OH]. The molecule has 0 aliphatic carbocycles. The second-order valence-corrected chi connectivity index (χ2v) is 2.82. The predicted molar refractivity (Wildman–Crippen MR) is 18.9 cm³/mol. The summed E-state index contributed by atoms with van der Waals surface area (Å²) in [5.74, 6) is 0. The minimum absolute atomic E-state index is 1.08. The van der Waals surface area contributed by atoms with Crippen molar-refractivity contribution in [2.75, 3.05) is 0 Å². The molecule has 2 nitrogen and oxygen atoms in total. The van der Waals surface area contributed by atoms with Gasteiger partial charge in [0, 0.05) is 0 Å². The predicted octanol–water partition coefficient (Wildman–Crippen LogP) is -0.377. The first-order chi connectivity index (χ1) is 2.27. The van der Waals surface area contributed by atoms with Gasteiger partial charge in [-0.1, -0.05) is 0 Å². The summed E-state index contributed by atoms with van der Waals surface area (Å²) in [6.07, 6.45) is 0. The van der Waals surface area contributed by atoms with Crippen molar-refractivity contribution < 1.29 is 7.91 Å². The summed E-state index contributed by atoms with van der Waals surface area (Å²) in [6, 6.07) is 0. The standard InChI is InChI=1S/C2H4GeO2/c1-2-3(4)5/h2,4H,1H2. The van der Waals surface area contributed by atoms with Crippen LogP contribution in [0, 0.1) is 0 Å². The fourth-order valence-electron chi connectivity index (χ4n) is 0. The Morgan fingerprint density at radius 2 is 2.20 bits per heavy atom. The molecule has 0 aromatic rings. The van der Waals surface area contributed by atoms with Crippen molar-refractivity contribution in [2.24, 2.45) is 0 Å². The van der Waals surface area contributed by atoms with E-state index < -0.39 is 14.6 Å². The van der Waals surface area contributed by atoms with Crippen LogP contribution < -0.4 is 0 Å². The van der Waals surface area contributed by atoms with Crippen molar-refractivity contribution in [3.8, 4) is 0 Å². The fourth-order valence-corrected chi connectivity index (χ4v) is 0. The summed E-state index contributed by atoms with van der Waals surface area (Å²) in [7, 11) is 0. The Hall–Kier alpha value is -0.117. The van der Waals surface area contributed by atoms with Gasteiger partial charge in [0.2, 0.25) is 0 Å². The molecule has 0 aromatic heterocycles. The molecule has 0 atom stereocenters. The minimum atomic E-state index is -2.84. The third kappa shape index (κ3) is 3.88. The molecule has 0 heterocycles. The monoisotopic (exact) mass is 134 g/mol. The zero-order valence-electron chi connectivity index (χ0n) is 2.64. The van der Waals surface area contributed by atoms with Gasteiger partial charge in [0.05, 0.1) is 0 Å². The zero-order valence-corrected chi connectivity index (χ0v) is 4.74. The normalized spacial score (nSPS) is 6.40. The summed E-state index contributed by atoms with van der Waals surface area (Å²) in [6.45, 7) is 3.07. The van der Waals surface area contributed by atoms with E-state index in [0.29, 0.717) is 0 Å². The quantitative estimate of drug-likeness (QED) is 0.494. The van der Waals surface area contributed by atoms with E-state index in [2.05, 4.69) is 6.58 Å². The molecule has 3 heteroatoms. The van der Waals surface area contributed by atoms with Gasteiger partial charge in [0.15, 0.2) is 0 Å². The molecule has 1 N–H and O–H groups in total. The van der Waals surface area contributed by atoms with Crippen LogP contribution in [0.4, 0.5) is 0 Å². The van der Waals surface area contributed by atoms with Crippen LogP contribution >= 0.6 is 0 Å². The average molecular weight is 133 g/mol. The Kier molecular flexibility index (Phi) is 2.09. The van der Waals surface area contributed by atoms with Gasteiger partial charge in [-0.2, -0.15) is 0 Å². The molecule has 0 spiro atoms. The Labute approximate surface area is 34.8 Å². The average Bonchev–Trinajstić information content (AvgIpc) is 1.38. The van der Waals surface area contributed by atoms with E-state index in [1.54, 1.807) is 0 Å². The summed E-state index contributed by atoms with van der Waals surface area (Å²) in [5.41, 5.74) is 0. The van der Waals surface area contributed by atoms with Crippen LogP contribution in [0.1, 0.15) is 0 Å². The molecule has 5 heavy (non-hydrogen) atoms. The molecule has 0 radical (unpaired) electrons. The van der Waals surface area contributed by atoms with Crippen LogP contribution in [0.2, 0.25) is 0 Å². The Bertz CT molecular complexity index is 58.7. The first kappa shape index (κ1) is 4.88. The molecule has 0 rings (SSSR count). The number of hydrogen-bond acceptors (Lipinski definition) is 1. The van der Waals surface area contributed by atoms with E-state index in [0.717, 1.165) is 4.91 Å². The van der Waals surface area contributed by atoms with E-state index in [-0.39, 0.29) is 0 Å². The summed E-state index contributed by atoms with van der Waals surface area (Å²) >= 11 is -2.84. The van der Waals surface area contributed by atoms with Crippen molar-refractivity contribution in [2.45, 2.75) is 0 Å². The van der Waals surface area contributed by atoms with Crippen LogP contribution in [0.25, 0.3) is 0 Å². The molecule has 0 aliphatic heterocycles. The molecule has 0 saturated heterocycles. The van der Waals surface area contributed by atoms with Crippen molar-refractivity contribution in [1.29, 1.82) is 0 Å². The Morgan fingerprint density at radius 3 is 2.20 bits per heavy atom. The van der Waals surface area contributed by atoms with E-state index in [1.807, 2.05) is 0 Å². The first-order valence-corrected chi connectivity index (χ1v) is 4.13. The third-order valence-corrected chi connectivity index (χ3v) is 0.907. The summed E-state index contributed by atoms with van der Waals surface area (Å²) < 4.78 is 17.4. The van der Waals surface area contributed by atoms with E-state index in [1.165, 1.54) is 0 Å². The van der Waals surface area contributed by atoms with Crippen molar-refractivity contribution in [3.63, 3.8) is 0 Å². The van der Waals surface area contributed by atoms with Crippen LogP contribution in [0.5, 0.6) is 0 Å². The molecule has 0 amide bonds. The molecule has 28 valence electrons. The molecule has 0 saturated carbocycles. The van der Waals surface area contributed by atoms with Crippen LogP contribution in [0.15, 0.2) is 11.5 Å². The number of rotatable bonds is 1. The Morgan fingerprint density at radius 1 is 2.00 bits per heavy atom. The second kappa shape index (κ2) is 2.14. The molecular weight excluding hydrogens is 129 g/mol. The molecule has 0 aromatic carbocycles. The van der Waals surface area contributed by atoms with Gasteiger partial charge < -0.3 is 0 Å². The van der Waals surface area contributed by atoms with Crippen molar-refractivity contribution in [1.82, 2.24) is 0 Å². The molecule has 0 fully saturated rings. The van der Waals surface area contributed by atoms with E-state index in [4.69, 9.17) is 4.13 Å². The van der Waals surface area contributed by atoms with Gasteiger partial charge in [-0.15, -0.1) is 0 Å². The fraction of sp³-hybridized carbons (Fsp3) is 0. The molecule has 0 aliphatic rings. The van der Waals surface area contributed by atoms with Gasteiger partial charge >= 0.3 is 34.0 Å². The summed E-state index contributed by atoms with van der Waals surface area (Å²) in [4.78, 5) is 1.08. The third-order valence-electron chi connectivity index (χ3n) is 0.175. The maximum absolute atomic E-state index is 9.50. The van der Waals surface area contributed by atoms with Gasteiger partial charge in [-0.05, 0) is 0 Å². The van der Waals surface area contributed by atoms with Crippen molar-refractivity contribution >= 4 is 14.6 Å². The topological polar surface area (TPSA) is 37.3 Å². The van der Waals surface area contributed by atoms with E-state index >= 15 is 0 Å². The van der Waals surface area contributed by atoms with Crippen LogP contribution in [-0.4, -0.2) is 18.8 Å². The van der Waals surface area contributed by atoms with E-state index in [9.17, 15) is 3.78 Å². The summed E-state index contributed by atoms with van der Waals surface area (Å²) in [5, 5.41) is 0. The van der Waals surface area contributed by atoms with Gasteiger partial charge in [-0.3, -0.25) is 0 Å². The molecular formula is C2H4GeO2. The van der Waals surface area contributed by atoms with Gasteiger partial charge in [-0.25, -0.2) is 0 Å². The van der Waals surface area contributed by atoms with Gasteiger partial charge in [0.1, 0.15) is 0 Å². The Balaban J connectivity index is 3.20. The molecule has 0 bridgehead atoms. The zero-order chi connectivity index (χ0) is 4.28. The van der Waals surface area contributed by atoms with Crippen LogP contribution in [-0.2, 0) is 3.78 Å². The first-order valence-electron chi connectivity index (χ1n) is 1.12. The maximum atomic E-state index is 9.50.